The summed E-state index contributed by atoms with van der Waals surface area (Å²) in [6.45, 7) is 2.34. The first-order valence-electron chi connectivity index (χ1n) is 4.42. The van der Waals surface area contributed by atoms with Crippen LogP contribution in [0.4, 0.5) is 0 Å². The van der Waals surface area contributed by atoms with E-state index in [1.165, 1.54) is 6.92 Å². The van der Waals surface area contributed by atoms with Gasteiger partial charge in [-0.15, -0.1) is 0 Å². The predicted molar refractivity (Wildman–Crippen MR) is 52.6 cm³/mol. The van der Waals surface area contributed by atoms with Crippen molar-refractivity contribution >= 4 is 5.97 Å². The Labute approximate surface area is 83.6 Å². The summed E-state index contributed by atoms with van der Waals surface area (Å²) >= 11 is 0. The van der Waals surface area contributed by atoms with Crippen LogP contribution in [-0.4, -0.2) is 13.1 Å². The molecular weight excluding hydrogens is 180 g/mol. The average molecular weight is 194 g/mol. The Morgan fingerprint density at radius 3 is 2.07 bits per heavy atom. The Hall–Kier alpha value is -1.35. The highest BCUT2D eigenvalue weighted by molar-refractivity contribution is 5.65. The third kappa shape index (κ3) is 3.58. The van der Waals surface area contributed by atoms with E-state index < -0.39 is 0 Å². The van der Waals surface area contributed by atoms with Crippen molar-refractivity contribution in [3.8, 4) is 0 Å². The number of benzene rings is 1. The molecule has 1 aromatic rings. The fraction of sp³-hybridized carbons (Fsp3) is 0.364. The van der Waals surface area contributed by atoms with Crippen LogP contribution in [0.25, 0.3) is 0 Å². The van der Waals surface area contributed by atoms with Crippen molar-refractivity contribution < 1.29 is 14.3 Å². The zero-order valence-electron chi connectivity index (χ0n) is 8.45. The average Bonchev–Trinajstić information content (AvgIpc) is 2.17. The van der Waals surface area contributed by atoms with Crippen LogP contribution in [0, 0.1) is 0 Å². The van der Waals surface area contributed by atoms with Gasteiger partial charge in [0.05, 0.1) is 6.61 Å². The first kappa shape index (κ1) is 10.7. The number of esters is 1. The minimum absolute atomic E-state index is 0.258. The fourth-order valence-electron chi connectivity index (χ4n) is 1.08. The standard InChI is InChI=1S/C11H14O3/c1-9(12)14-8-11-5-3-10(4-6-11)7-13-2/h3-6H,7-8H2,1-2H3. The van der Waals surface area contributed by atoms with E-state index in [1.54, 1.807) is 7.11 Å². The van der Waals surface area contributed by atoms with E-state index in [4.69, 9.17) is 9.47 Å². The van der Waals surface area contributed by atoms with Crippen molar-refractivity contribution in [2.45, 2.75) is 20.1 Å². The molecule has 0 saturated heterocycles. The zero-order chi connectivity index (χ0) is 10.4. The molecule has 0 spiro atoms. The minimum atomic E-state index is -0.258. The van der Waals surface area contributed by atoms with Crippen LogP contribution in [0.2, 0.25) is 0 Å². The van der Waals surface area contributed by atoms with Gasteiger partial charge in [0, 0.05) is 14.0 Å². The lowest BCUT2D eigenvalue weighted by molar-refractivity contribution is -0.142. The number of carbonyl (C=O) groups is 1. The van der Waals surface area contributed by atoms with Crippen molar-refractivity contribution in [1.82, 2.24) is 0 Å². The lowest BCUT2D eigenvalue weighted by Crippen LogP contribution is -1.98. The molecule has 0 saturated carbocycles. The van der Waals surface area contributed by atoms with Crippen LogP contribution in [0.15, 0.2) is 24.3 Å². The molecular formula is C11H14O3. The van der Waals surface area contributed by atoms with Crippen molar-refractivity contribution in [2.24, 2.45) is 0 Å². The minimum Gasteiger partial charge on any atom is -0.461 e. The van der Waals surface area contributed by atoms with Gasteiger partial charge in [-0.2, -0.15) is 0 Å². The SMILES string of the molecule is COCc1ccc(COC(C)=O)cc1. The Morgan fingerprint density at radius 1 is 1.14 bits per heavy atom. The van der Waals surface area contributed by atoms with Gasteiger partial charge < -0.3 is 9.47 Å². The third-order valence-electron chi connectivity index (χ3n) is 1.78. The molecule has 0 amide bonds. The molecule has 0 fully saturated rings. The summed E-state index contributed by atoms with van der Waals surface area (Å²) < 4.78 is 9.84. The topological polar surface area (TPSA) is 35.5 Å². The Morgan fingerprint density at radius 2 is 1.64 bits per heavy atom. The molecule has 3 nitrogen and oxygen atoms in total. The van der Waals surface area contributed by atoms with Gasteiger partial charge in [-0.1, -0.05) is 24.3 Å². The van der Waals surface area contributed by atoms with E-state index in [1.807, 2.05) is 24.3 Å². The summed E-state index contributed by atoms with van der Waals surface area (Å²) in [6.07, 6.45) is 0. The third-order valence-corrected chi connectivity index (χ3v) is 1.78. The summed E-state index contributed by atoms with van der Waals surface area (Å²) in [7, 11) is 1.66. The fourth-order valence-corrected chi connectivity index (χ4v) is 1.08. The molecule has 76 valence electrons. The first-order chi connectivity index (χ1) is 6.72. The molecule has 0 radical (unpaired) electrons. The lowest BCUT2D eigenvalue weighted by Gasteiger charge is -2.03. The van der Waals surface area contributed by atoms with Crippen molar-refractivity contribution in [2.75, 3.05) is 7.11 Å². The number of rotatable bonds is 4. The molecule has 0 unspecified atom stereocenters. The Kier molecular flexibility index (Phi) is 4.13. The van der Waals surface area contributed by atoms with Crippen molar-refractivity contribution in [3.05, 3.63) is 35.4 Å². The second-order valence-electron chi connectivity index (χ2n) is 3.03. The highest BCUT2D eigenvalue weighted by atomic mass is 16.5. The van der Waals surface area contributed by atoms with Gasteiger partial charge in [0.15, 0.2) is 0 Å². The molecule has 0 aliphatic heterocycles. The summed E-state index contributed by atoms with van der Waals surface area (Å²) in [5, 5.41) is 0. The highest BCUT2D eigenvalue weighted by Gasteiger charge is 1.96. The van der Waals surface area contributed by atoms with E-state index in [2.05, 4.69) is 0 Å². The second kappa shape index (κ2) is 5.40. The molecule has 0 N–H and O–H groups in total. The van der Waals surface area contributed by atoms with Gasteiger partial charge >= 0.3 is 5.97 Å². The van der Waals surface area contributed by atoms with Crippen LogP contribution in [0.1, 0.15) is 18.1 Å². The number of hydrogen-bond donors (Lipinski definition) is 0. The molecule has 0 atom stereocenters. The van der Waals surface area contributed by atoms with E-state index in [0.29, 0.717) is 13.2 Å². The summed E-state index contributed by atoms with van der Waals surface area (Å²) in [5.41, 5.74) is 2.10. The van der Waals surface area contributed by atoms with Crippen LogP contribution in [-0.2, 0) is 27.5 Å². The van der Waals surface area contributed by atoms with E-state index in [9.17, 15) is 4.79 Å². The maximum atomic E-state index is 10.5. The maximum absolute atomic E-state index is 10.5. The molecule has 0 aliphatic carbocycles. The van der Waals surface area contributed by atoms with Gasteiger partial charge in [0.25, 0.3) is 0 Å². The van der Waals surface area contributed by atoms with Gasteiger partial charge in [-0.05, 0) is 11.1 Å². The van der Waals surface area contributed by atoms with E-state index in [-0.39, 0.29) is 5.97 Å². The quantitative estimate of drug-likeness (QED) is 0.687. The molecule has 0 aliphatic rings. The molecule has 0 aromatic heterocycles. The van der Waals surface area contributed by atoms with Crippen molar-refractivity contribution in [1.29, 1.82) is 0 Å². The van der Waals surface area contributed by atoms with Gasteiger partial charge in [-0.25, -0.2) is 0 Å². The maximum Gasteiger partial charge on any atom is 0.302 e. The Balaban J connectivity index is 2.50. The number of hydrogen-bond acceptors (Lipinski definition) is 3. The predicted octanol–water partition coefficient (Wildman–Crippen LogP) is 1.90. The summed E-state index contributed by atoms with van der Waals surface area (Å²) in [5.74, 6) is -0.258. The molecule has 0 bridgehead atoms. The largest absolute Gasteiger partial charge is 0.461 e. The second-order valence-corrected chi connectivity index (χ2v) is 3.03. The van der Waals surface area contributed by atoms with Gasteiger partial charge in [-0.3, -0.25) is 4.79 Å². The molecule has 1 aromatic carbocycles. The number of ether oxygens (including phenoxy) is 2. The monoisotopic (exact) mass is 194 g/mol. The zero-order valence-corrected chi connectivity index (χ0v) is 8.45. The van der Waals surface area contributed by atoms with Crippen LogP contribution in [0.5, 0.6) is 0 Å². The highest BCUT2D eigenvalue weighted by Crippen LogP contribution is 2.06. The van der Waals surface area contributed by atoms with Crippen LogP contribution < -0.4 is 0 Å². The van der Waals surface area contributed by atoms with Gasteiger partial charge in [0.2, 0.25) is 0 Å². The molecule has 14 heavy (non-hydrogen) atoms. The Bertz CT molecular complexity index is 290. The lowest BCUT2D eigenvalue weighted by atomic mass is 10.1. The normalized spacial score (nSPS) is 9.86. The smallest absolute Gasteiger partial charge is 0.302 e. The first-order valence-corrected chi connectivity index (χ1v) is 4.42. The number of methoxy groups -OCH3 is 1. The van der Waals surface area contributed by atoms with E-state index in [0.717, 1.165) is 11.1 Å². The number of carbonyl (C=O) groups excluding carboxylic acids is 1. The molecule has 0 heterocycles. The van der Waals surface area contributed by atoms with Crippen LogP contribution >= 0.6 is 0 Å². The summed E-state index contributed by atoms with van der Waals surface area (Å²) in [4.78, 5) is 10.5. The molecule has 1 rings (SSSR count). The van der Waals surface area contributed by atoms with Gasteiger partial charge in [0.1, 0.15) is 6.61 Å². The van der Waals surface area contributed by atoms with Crippen molar-refractivity contribution in [3.63, 3.8) is 0 Å². The summed E-state index contributed by atoms with van der Waals surface area (Å²) in [6, 6.07) is 7.78. The van der Waals surface area contributed by atoms with E-state index >= 15 is 0 Å². The van der Waals surface area contributed by atoms with Crippen LogP contribution in [0.3, 0.4) is 0 Å². The molecule has 3 heteroatoms.